The average Bonchev–Trinajstić information content (AvgIpc) is 2.85. The third-order valence-corrected chi connectivity index (χ3v) is 4.22. The fourth-order valence-electron chi connectivity index (χ4n) is 3.04. The van der Waals surface area contributed by atoms with E-state index >= 15 is 0 Å². The lowest BCUT2D eigenvalue weighted by molar-refractivity contribution is -0.114. The van der Waals surface area contributed by atoms with Crippen LogP contribution < -0.4 is 10.6 Å². The van der Waals surface area contributed by atoms with Gasteiger partial charge in [-0.2, -0.15) is 0 Å². The van der Waals surface area contributed by atoms with Gasteiger partial charge in [-0.25, -0.2) is 0 Å². The predicted octanol–water partition coefficient (Wildman–Crippen LogP) is 3.15. The second kappa shape index (κ2) is 7.64. The van der Waals surface area contributed by atoms with E-state index in [9.17, 15) is 19.2 Å². The molecule has 3 rings (SSSR count). The van der Waals surface area contributed by atoms with Crippen LogP contribution in [0.5, 0.6) is 0 Å². The van der Waals surface area contributed by atoms with Crippen LogP contribution in [0.25, 0.3) is 0 Å². The molecule has 0 unspecified atom stereocenters. The van der Waals surface area contributed by atoms with Crippen LogP contribution in [0.2, 0.25) is 0 Å². The lowest BCUT2D eigenvalue weighted by Crippen LogP contribution is -2.33. The van der Waals surface area contributed by atoms with Crippen LogP contribution in [0.4, 0.5) is 11.4 Å². The number of nitrogens with one attached hydrogen (secondary N) is 2. The van der Waals surface area contributed by atoms with Crippen molar-refractivity contribution in [3.05, 3.63) is 59.2 Å². The molecular formula is C21H21N3O4. The monoisotopic (exact) mass is 379 g/mol. The van der Waals surface area contributed by atoms with E-state index in [0.717, 1.165) is 0 Å². The molecule has 7 nitrogen and oxygen atoms in total. The molecule has 0 aromatic heterocycles. The summed E-state index contributed by atoms with van der Waals surface area (Å²) in [6.45, 7) is 5.59. The van der Waals surface area contributed by atoms with E-state index in [2.05, 4.69) is 10.6 Å². The summed E-state index contributed by atoms with van der Waals surface area (Å²) in [7, 11) is 0. The number of carbonyl (C=O) groups excluding carboxylic acids is 4. The van der Waals surface area contributed by atoms with Crippen LogP contribution in [0, 0.1) is 5.92 Å². The van der Waals surface area contributed by atoms with E-state index in [-0.39, 0.29) is 34.8 Å². The fourth-order valence-corrected chi connectivity index (χ4v) is 3.04. The maximum atomic E-state index is 12.6. The normalized spacial score (nSPS) is 12.9. The molecule has 0 radical (unpaired) electrons. The summed E-state index contributed by atoms with van der Waals surface area (Å²) in [5, 5.41) is 5.38. The molecule has 0 spiro atoms. The largest absolute Gasteiger partial charge is 0.326 e. The molecule has 28 heavy (non-hydrogen) atoms. The summed E-state index contributed by atoms with van der Waals surface area (Å²) in [6, 6.07) is 11.2. The molecule has 144 valence electrons. The number of rotatable bonds is 5. The summed E-state index contributed by atoms with van der Waals surface area (Å²) in [5.74, 6) is -1.18. The number of imide groups is 1. The second-order valence-corrected chi connectivity index (χ2v) is 7.09. The van der Waals surface area contributed by atoms with Crippen molar-refractivity contribution in [2.75, 3.05) is 17.2 Å². The summed E-state index contributed by atoms with van der Waals surface area (Å²) >= 11 is 0. The molecule has 2 N–H and O–H groups in total. The molecule has 0 saturated heterocycles. The van der Waals surface area contributed by atoms with E-state index in [4.69, 9.17) is 0 Å². The molecule has 2 aromatic rings. The molecule has 0 bridgehead atoms. The SMILES string of the molecule is CC(=O)Nc1cccc(NC(=O)c2ccc3c(c2)C(=O)N(CC(C)C)C3=O)c1. The van der Waals surface area contributed by atoms with Gasteiger partial charge in [-0.1, -0.05) is 19.9 Å². The first-order valence-electron chi connectivity index (χ1n) is 8.95. The number of benzene rings is 2. The van der Waals surface area contributed by atoms with Crippen LogP contribution in [0.1, 0.15) is 51.8 Å². The van der Waals surface area contributed by atoms with Crippen LogP contribution in [-0.2, 0) is 4.79 Å². The molecule has 0 fully saturated rings. The lowest BCUT2D eigenvalue weighted by atomic mass is 10.1. The van der Waals surface area contributed by atoms with Crippen molar-refractivity contribution in [2.24, 2.45) is 5.92 Å². The van der Waals surface area contributed by atoms with Gasteiger partial charge in [0.15, 0.2) is 0 Å². The molecule has 1 heterocycles. The predicted molar refractivity (Wildman–Crippen MR) is 105 cm³/mol. The van der Waals surface area contributed by atoms with Gasteiger partial charge in [-0.05, 0) is 42.3 Å². The minimum Gasteiger partial charge on any atom is -0.326 e. The second-order valence-electron chi connectivity index (χ2n) is 7.09. The fraction of sp³-hybridized carbons (Fsp3) is 0.238. The zero-order valence-electron chi connectivity index (χ0n) is 15.9. The Morgan fingerprint density at radius 3 is 2.21 bits per heavy atom. The number of fused-ring (bicyclic) bond motifs is 1. The van der Waals surface area contributed by atoms with Crippen molar-refractivity contribution in [3.8, 4) is 0 Å². The van der Waals surface area contributed by atoms with Crippen molar-refractivity contribution in [3.63, 3.8) is 0 Å². The molecule has 4 amide bonds. The molecule has 2 aromatic carbocycles. The molecule has 1 aliphatic rings. The number of hydrogen-bond donors (Lipinski definition) is 2. The van der Waals surface area contributed by atoms with Gasteiger partial charge in [0.1, 0.15) is 0 Å². The van der Waals surface area contributed by atoms with Crippen molar-refractivity contribution >= 4 is 35.0 Å². The highest BCUT2D eigenvalue weighted by Crippen LogP contribution is 2.25. The van der Waals surface area contributed by atoms with E-state index in [0.29, 0.717) is 23.5 Å². The van der Waals surface area contributed by atoms with Crippen molar-refractivity contribution in [2.45, 2.75) is 20.8 Å². The first-order valence-corrected chi connectivity index (χ1v) is 8.95. The van der Waals surface area contributed by atoms with Gasteiger partial charge in [-0.15, -0.1) is 0 Å². The van der Waals surface area contributed by atoms with Crippen molar-refractivity contribution in [1.29, 1.82) is 0 Å². The Morgan fingerprint density at radius 2 is 1.57 bits per heavy atom. The summed E-state index contributed by atoms with van der Waals surface area (Å²) < 4.78 is 0. The Kier molecular flexibility index (Phi) is 5.26. The quantitative estimate of drug-likeness (QED) is 0.780. The van der Waals surface area contributed by atoms with Crippen LogP contribution in [0.15, 0.2) is 42.5 Å². The standard InChI is InChI=1S/C21H21N3O4/c1-12(2)11-24-20(27)17-8-7-14(9-18(17)21(24)28)19(26)23-16-6-4-5-15(10-16)22-13(3)25/h4-10,12H,11H2,1-3H3,(H,22,25)(H,23,26). The van der Waals surface area contributed by atoms with Gasteiger partial charge in [0.25, 0.3) is 17.7 Å². The summed E-state index contributed by atoms with van der Waals surface area (Å²) in [6.07, 6.45) is 0. The molecule has 0 saturated carbocycles. The smallest absolute Gasteiger partial charge is 0.261 e. The van der Waals surface area contributed by atoms with Crippen LogP contribution in [0.3, 0.4) is 0 Å². The van der Waals surface area contributed by atoms with Crippen molar-refractivity contribution < 1.29 is 19.2 Å². The van der Waals surface area contributed by atoms with Crippen molar-refractivity contribution in [1.82, 2.24) is 4.90 Å². The van der Waals surface area contributed by atoms with E-state index in [1.54, 1.807) is 24.3 Å². The minimum absolute atomic E-state index is 0.154. The first kappa shape index (κ1) is 19.3. The molecule has 7 heteroatoms. The number of anilines is 2. The zero-order valence-corrected chi connectivity index (χ0v) is 15.9. The first-order chi connectivity index (χ1) is 13.3. The van der Waals surface area contributed by atoms with Gasteiger partial charge in [-0.3, -0.25) is 24.1 Å². The van der Waals surface area contributed by atoms with E-state index in [1.807, 2.05) is 13.8 Å². The minimum atomic E-state index is -0.412. The zero-order chi connectivity index (χ0) is 20.4. The Bertz CT molecular complexity index is 981. The summed E-state index contributed by atoms with van der Waals surface area (Å²) in [5.41, 5.74) is 1.89. The highest BCUT2D eigenvalue weighted by atomic mass is 16.2. The molecule has 0 aliphatic carbocycles. The maximum Gasteiger partial charge on any atom is 0.261 e. The molecular weight excluding hydrogens is 358 g/mol. The Morgan fingerprint density at radius 1 is 0.929 bits per heavy atom. The Balaban J connectivity index is 1.80. The summed E-state index contributed by atoms with van der Waals surface area (Å²) in [4.78, 5) is 49.9. The maximum absolute atomic E-state index is 12.6. The lowest BCUT2D eigenvalue weighted by Gasteiger charge is -2.15. The van der Waals surface area contributed by atoms with Gasteiger partial charge >= 0.3 is 0 Å². The number of carbonyl (C=O) groups is 4. The van der Waals surface area contributed by atoms with Gasteiger partial charge in [0.05, 0.1) is 11.1 Å². The van der Waals surface area contributed by atoms with E-state index in [1.165, 1.54) is 30.0 Å². The van der Waals surface area contributed by atoms with Gasteiger partial charge < -0.3 is 10.6 Å². The molecule has 1 aliphatic heterocycles. The highest BCUT2D eigenvalue weighted by molar-refractivity contribution is 6.22. The number of amides is 4. The third-order valence-electron chi connectivity index (χ3n) is 4.22. The van der Waals surface area contributed by atoms with Gasteiger partial charge in [0.2, 0.25) is 5.91 Å². The number of hydrogen-bond acceptors (Lipinski definition) is 4. The average molecular weight is 379 g/mol. The van der Waals surface area contributed by atoms with Crippen LogP contribution in [-0.4, -0.2) is 35.1 Å². The Labute approximate surface area is 162 Å². The topological polar surface area (TPSA) is 95.6 Å². The molecule has 0 atom stereocenters. The van der Waals surface area contributed by atoms with E-state index < -0.39 is 5.91 Å². The van der Waals surface area contributed by atoms with Gasteiger partial charge in [0, 0.05) is 30.4 Å². The number of nitrogens with zero attached hydrogens (tertiary/aromatic N) is 1. The third kappa shape index (κ3) is 3.93. The van der Waals surface area contributed by atoms with Crippen LogP contribution >= 0.6 is 0 Å². The highest BCUT2D eigenvalue weighted by Gasteiger charge is 2.36. The Hall–Kier alpha value is -3.48.